The lowest BCUT2D eigenvalue weighted by Crippen LogP contribution is -2.05. The second-order valence-electron chi connectivity index (χ2n) is 4.52. The minimum Gasteiger partial charge on any atom is -0.258 e. The summed E-state index contributed by atoms with van der Waals surface area (Å²) in [6, 6.07) is 20.3. The van der Waals surface area contributed by atoms with E-state index in [0.717, 1.165) is 21.1 Å². The minimum absolute atomic E-state index is 0.899. The molecule has 4 rings (SSSR count). The topological polar surface area (TPSA) is 29.7 Å². The molecule has 2 aromatic carbocycles. The first-order chi connectivity index (χ1) is 10.4. The number of nitrogens with zero attached hydrogens (tertiary/aromatic N) is 3. The summed E-state index contributed by atoms with van der Waals surface area (Å²) in [4.78, 5) is 6.59. The first-order valence-electron chi connectivity index (χ1n) is 6.53. The molecule has 0 amide bonds. The average Bonchev–Trinajstić information content (AvgIpc) is 3.12. The van der Waals surface area contributed by atoms with E-state index in [4.69, 9.17) is 4.99 Å². The average molecular weight is 309 g/mol. The normalized spacial score (nSPS) is 12.1. The van der Waals surface area contributed by atoms with Gasteiger partial charge in [0.15, 0.2) is 0 Å². The number of hydrogen-bond donors (Lipinski definition) is 0. The zero-order valence-electron chi connectivity index (χ0n) is 11.0. The molecule has 0 aliphatic rings. The van der Waals surface area contributed by atoms with Gasteiger partial charge in [0, 0.05) is 16.9 Å². The highest BCUT2D eigenvalue weighted by Crippen LogP contribution is 2.24. The Morgan fingerprint density at radius 1 is 0.905 bits per heavy atom. The summed E-state index contributed by atoms with van der Waals surface area (Å²) < 4.78 is 6.61. The van der Waals surface area contributed by atoms with Crippen LogP contribution in [0, 0.1) is 0 Å². The van der Waals surface area contributed by atoms with Crippen molar-refractivity contribution >= 4 is 33.5 Å². The van der Waals surface area contributed by atoms with Gasteiger partial charge in [-0.25, -0.2) is 4.99 Å². The van der Waals surface area contributed by atoms with Crippen LogP contribution in [0.4, 0.5) is 5.69 Å². The molecule has 0 saturated heterocycles. The van der Waals surface area contributed by atoms with Crippen LogP contribution in [0.25, 0.3) is 16.2 Å². The van der Waals surface area contributed by atoms with Crippen molar-refractivity contribution in [2.24, 2.45) is 4.99 Å². The summed E-state index contributed by atoms with van der Waals surface area (Å²) in [5, 5.41) is 2.13. The molecule has 0 aliphatic carbocycles. The van der Waals surface area contributed by atoms with Crippen LogP contribution in [0.5, 0.6) is 0 Å². The highest BCUT2D eigenvalue weighted by atomic mass is 32.1. The van der Waals surface area contributed by atoms with Gasteiger partial charge in [0.1, 0.15) is 0 Å². The maximum atomic E-state index is 4.71. The van der Waals surface area contributed by atoms with E-state index in [9.17, 15) is 0 Å². The Balaban J connectivity index is 1.96. The Morgan fingerprint density at radius 3 is 2.38 bits per heavy atom. The van der Waals surface area contributed by atoms with Crippen LogP contribution in [0.15, 0.2) is 71.0 Å². The van der Waals surface area contributed by atoms with Crippen LogP contribution in [-0.2, 0) is 0 Å². The highest BCUT2D eigenvalue weighted by molar-refractivity contribution is 7.17. The quantitative estimate of drug-likeness (QED) is 0.541. The fraction of sp³-hybridized carbons (Fsp3) is 0. The first-order valence-corrected chi connectivity index (χ1v) is 8.18. The largest absolute Gasteiger partial charge is 0.258 e. The molecule has 2 heterocycles. The smallest absolute Gasteiger partial charge is 0.215 e. The predicted molar refractivity (Wildman–Crippen MR) is 88.0 cm³/mol. The van der Waals surface area contributed by atoms with Gasteiger partial charge >= 0.3 is 0 Å². The van der Waals surface area contributed by atoms with Crippen LogP contribution < -0.4 is 4.80 Å². The van der Waals surface area contributed by atoms with Gasteiger partial charge in [-0.1, -0.05) is 48.5 Å². The third-order valence-electron chi connectivity index (χ3n) is 3.16. The lowest BCUT2D eigenvalue weighted by atomic mass is 10.2. The van der Waals surface area contributed by atoms with E-state index in [1.807, 2.05) is 48.5 Å². The summed E-state index contributed by atoms with van der Waals surface area (Å²) >= 11 is 3.07. The van der Waals surface area contributed by atoms with E-state index in [1.54, 1.807) is 11.3 Å². The van der Waals surface area contributed by atoms with E-state index in [1.165, 1.54) is 17.1 Å². The second kappa shape index (κ2) is 5.27. The van der Waals surface area contributed by atoms with Crippen LogP contribution in [-0.4, -0.2) is 8.77 Å². The number of benzene rings is 2. The first kappa shape index (κ1) is 12.5. The standard InChI is InChI=1S/C16H11N3S2/c1-3-7-12(8-4-1)14-11-20-16-18-21-15(19(14)16)17-13-9-5-2-6-10-13/h1-11H. The monoisotopic (exact) mass is 309 g/mol. The van der Waals surface area contributed by atoms with E-state index in [0.29, 0.717) is 0 Å². The number of thiazole rings is 1. The van der Waals surface area contributed by atoms with Gasteiger partial charge in [-0.3, -0.25) is 4.40 Å². The van der Waals surface area contributed by atoms with E-state index in [2.05, 4.69) is 26.3 Å². The third kappa shape index (κ3) is 2.30. The Morgan fingerprint density at radius 2 is 1.62 bits per heavy atom. The van der Waals surface area contributed by atoms with E-state index in [-0.39, 0.29) is 0 Å². The van der Waals surface area contributed by atoms with Crippen LogP contribution in [0.1, 0.15) is 0 Å². The predicted octanol–water partition coefficient (Wildman–Crippen LogP) is 4.36. The molecule has 0 aliphatic heterocycles. The highest BCUT2D eigenvalue weighted by Gasteiger charge is 2.09. The maximum absolute atomic E-state index is 4.71. The molecule has 0 unspecified atom stereocenters. The number of para-hydroxylation sites is 1. The second-order valence-corrected chi connectivity index (χ2v) is 6.08. The Hall–Kier alpha value is -2.24. The molecule has 0 fully saturated rings. The zero-order chi connectivity index (χ0) is 14.1. The van der Waals surface area contributed by atoms with Crippen LogP contribution in [0.3, 0.4) is 0 Å². The van der Waals surface area contributed by atoms with Crippen molar-refractivity contribution in [3.63, 3.8) is 0 Å². The van der Waals surface area contributed by atoms with Gasteiger partial charge in [0.25, 0.3) is 0 Å². The Kier molecular flexibility index (Phi) is 3.14. The van der Waals surface area contributed by atoms with Crippen LogP contribution in [0.2, 0.25) is 0 Å². The molecule has 2 aromatic heterocycles. The van der Waals surface area contributed by atoms with E-state index >= 15 is 0 Å². The molecule has 0 saturated carbocycles. The van der Waals surface area contributed by atoms with Gasteiger partial charge in [0.2, 0.25) is 9.76 Å². The molecule has 21 heavy (non-hydrogen) atoms. The third-order valence-corrected chi connectivity index (χ3v) is 4.80. The summed E-state index contributed by atoms with van der Waals surface area (Å²) in [5.74, 6) is 0. The summed E-state index contributed by atoms with van der Waals surface area (Å²) in [6.45, 7) is 0. The summed E-state index contributed by atoms with van der Waals surface area (Å²) in [7, 11) is 0. The number of rotatable bonds is 2. The molecule has 0 atom stereocenters. The Labute approximate surface area is 129 Å². The SMILES string of the molecule is c1ccc(N=c2snc3scc(-c4ccccc4)n23)cc1. The molecule has 3 nitrogen and oxygen atoms in total. The van der Waals surface area contributed by atoms with Crippen molar-refractivity contribution in [2.45, 2.75) is 0 Å². The maximum Gasteiger partial charge on any atom is 0.215 e. The van der Waals surface area contributed by atoms with Crippen molar-refractivity contribution in [1.82, 2.24) is 8.77 Å². The Bertz CT molecular complexity index is 934. The van der Waals surface area contributed by atoms with E-state index < -0.39 is 0 Å². The fourth-order valence-electron chi connectivity index (χ4n) is 2.17. The fourth-order valence-corrected chi connectivity index (χ4v) is 3.92. The molecule has 4 aromatic rings. The van der Waals surface area contributed by atoms with Gasteiger partial charge in [-0.2, -0.15) is 4.37 Å². The lowest BCUT2D eigenvalue weighted by Gasteiger charge is -1.98. The van der Waals surface area contributed by atoms with Crippen molar-refractivity contribution in [3.8, 4) is 11.3 Å². The number of aromatic nitrogens is 2. The molecule has 102 valence electrons. The molecule has 0 radical (unpaired) electrons. The number of hydrogen-bond acceptors (Lipinski definition) is 4. The van der Waals surface area contributed by atoms with Gasteiger partial charge in [-0.05, 0) is 17.7 Å². The molecule has 0 bridgehead atoms. The van der Waals surface area contributed by atoms with Crippen LogP contribution >= 0.6 is 22.9 Å². The molecule has 0 spiro atoms. The molecular formula is C16H11N3S2. The minimum atomic E-state index is 0.899. The zero-order valence-corrected chi connectivity index (χ0v) is 12.6. The molecule has 0 N–H and O–H groups in total. The lowest BCUT2D eigenvalue weighted by molar-refractivity contribution is 1.12. The summed E-state index contributed by atoms with van der Waals surface area (Å²) in [6.07, 6.45) is 0. The molecular weight excluding hydrogens is 298 g/mol. The van der Waals surface area contributed by atoms with Crippen molar-refractivity contribution in [1.29, 1.82) is 0 Å². The summed E-state index contributed by atoms with van der Waals surface area (Å²) in [5.41, 5.74) is 3.26. The van der Waals surface area contributed by atoms with Gasteiger partial charge in [-0.15, -0.1) is 11.3 Å². The van der Waals surface area contributed by atoms with Gasteiger partial charge < -0.3 is 0 Å². The van der Waals surface area contributed by atoms with Crippen molar-refractivity contribution in [2.75, 3.05) is 0 Å². The van der Waals surface area contributed by atoms with Gasteiger partial charge in [0.05, 0.1) is 11.4 Å². The van der Waals surface area contributed by atoms with Crippen molar-refractivity contribution in [3.05, 3.63) is 70.8 Å². The number of fused-ring (bicyclic) bond motifs is 1. The van der Waals surface area contributed by atoms with Crippen molar-refractivity contribution < 1.29 is 0 Å². The molecule has 5 heteroatoms.